The molecule has 0 heteroatoms. The third-order valence-electron chi connectivity index (χ3n) is 1.90. The monoisotopic (exact) mass is 200 g/mol. The Kier molecular flexibility index (Phi) is 7.00. The molecule has 0 atom stereocenters. The molecule has 15 heavy (non-hydrogen) atoms. The SMILES string of the molecule is C=C/C=C(\C=C)c1ccc(C)cc1.CC. The lowest BCUT2D eigenvalue weighted by atomic mass is 10.0. The molecule has 1 aromatic carbocycles. The normalized spacial score (nSPS) is 9.93. The second-order valence-electron chi connectivity index (χ2n) is 2.93. The predicted octanol–water partition coefficient (Wildman–Crippen LogP) is 4.78. The van der Waals surface area contributed by atoms with Crippen LogP contribution in [0.2, 0.25) is 0 Å². The fourth-order valence-electron chi connectivity index (χ4n) is 1.16. The Morgan fingerprint density at radius 3 is 2.00 bits per heavy atom. The summed E-state index contributed by atoms with van der Waals surface area (Å²) in [5, 5.41) is 0. The van der Waals surface area contributed by atoms with Gasteiger partial charge in [0.2, 0.25) is 0 Å². The maximum Gasteiger partial charge on any atom is -0.0184 e. The molecule has 0 saturated carbocycles. The fourth-order valence-corrected chi connectivity index (χ4v) is 1.16. The van der Waals surface area contributed by atoms with Crippen molar-refractivity contribution in [3.8, 4) is 0 Å². The predicted molar refractivity (Wildman–Crippen MR) is 70.9 cm³/mol. The Labute approximate surface area is 93.7 Å². The van der Waals surface area contributed by atoms with E-state index in [4.69, 9.17) is 0 Å². The van der Waals surface area contributed by atoms with Crippen LogP contribution in [-0.4, -0.2) is 0 Å². The summed E-state index contributed by atoms with van der Waals surface area (Å²) in [6.07, 6.45) is 5.57. The quantitative estimate of drug-likeness (QED) is 0.616. The molecule has 0 aliphatic rings. The van der Waals surface area contributed by atoms with E-state index < -0.39 is 0 Å². The first-order valence-corrected chi connectivity index (χ1v) is 5.30. The first-order chi connectivity index (χ1) is 7.27. The molecule has 0 aromatic heterocycles. The number of aryl methyl sites for hydroxylation is 1. The van der Waals surface area contributed by atoms with E-state index >= 15 is 0 Å². The molecule has 1 aromatic rings. The average Bonchev–Trinajstić information content (AvgIpc) is 2.30. The molecular weight excluding hydrogens is 180 g/mol. The lowest BCUT2D eigenvalue weighted by Gasteiger charge is -2.01. The van der Waals surface area contributed by atoms with Gasteiger partial charge in [-0.1, -0.05) is 75.1 Å². The third kappa shape index (κ3) is 4.46. The van der Waals surface area contributed by atoms with Gasteiger partial charge in [0.05, 0.1) is 0 Å². The molecule has 0 saturated heterocycles. The van der Waals surface area contributed by atoms with Crippen molar-refractivity contribution in [3.63, 3.8) is 0 Å². The maximum absolute atomic E-state index is 3.76. The molecule has 0 heterocycles. The highest BCUT2D eigenvalue weighted by atomic mass is 14.0. The highest BCUT2D eigenvalue weighted by Gasteiger charge is 1.94. The first kappa shape index (κ1) is 13.4. The van der Waals surface area contributed by atoms with Crippen LogP contribution in [0.25, 0.3) is 5.57 Å². The van der Waals surface area contributed by atoms with Crippen LogP contribution in [-0.2, 0) is 0 Å². The van der Waals surface area contributed by atoms with Crippen LogP contribution < -0.4 is 0 Å². The summed E-state index contributed by atoms with van der Waals surface area (Å²) in [5.74, 6) is 0. The molecule has 0 spiro atoms. The summed E-state index contributed by atoms with van der Waals surface area (Å²) in [4.78, 5) is 0. The van der Waals surface area contributed by atoms with E-state index in [2.05, 4.69) is 44.3 Å². The van der Waals surface area contributed by atoms with E-state index in [1.807, 2.05) is 26.0 Å². The Hall–Kier alpha value is -1.56. The zero-order chi connectivity index (χ0) is 11.7. The van der Waals surface area contributed by atoms with Gasteiger partial charge in [-0.3, -0.25) is 0 Å². The third-order valence-corrected chi connectivity index (χ3v) is 1.90. The van der Waals surface area contributed by atoms with Gasteiger partial charge >= 0.3 is 0 Å². The molecular formula is C15H20. The van der Waals surface area contributed by atoms with Crippen LogP contribution in [0, 0.1) is 6.92 Å². The van der Waals surface area contributed by atoms with Crippen molar-refractivity contribution < 1.29 is 0 Å². The Bertz CT molecular complexity index is 326. The van der Waals surface area contributed by atoms with Gasteiger partial charge in [-0.25, -0.2) is 0 Å². The highest BCUT2D eigenvalue weighted by Crippen LogP contribution is 2.15. The number of hydrogen-bond acceptors (Lipinski definition) is 0. The van der Waals surface area contributed by atoms with Crippen molar-refractivity contribution in [2.24, 2.45) is 0 Å². The van der Waals surface area contributed by atoms with Crippen LogP contribution in [0.4, 0.5) is 0 Å². The highest BCUT2D eigenvalue weighted by molar-refractivity contribution is 5.74. The van der Waals surface area contributed by atoms with Gasteiger partial charge in [-0.05, 0) is 18.1 Å². The van der Waals surface area contributed by atoms with E-state index in [0.717, 1.165) is 5.57 Å². The van der Waals surface area contributed by atoms with Crippen LogP contribution in [0.15, 0.2) is 55.7 Å². The molecule has 0 N–H and O–H groups in total. The van der Waals surface area contributed by atoms with E-state index in [1.165, 1.54) is 11.1 Å². The van der Waals surface area contributed by atoms with E-state index in [-0.39, 0.29) is 0 Å². The first-order valence-electron chi connectivity index (χ1n) is 5.30. The Balaban J connectivity index is 0.000000921. The summed E-state index contributed by atoms with van der Waals surface area (Å²) in [6, 6.07) is 8.37. The van der Waals surface area contributed by atoms with Crippen LogP contribution in [0.1, 0.15) is 25.0 Å². The minimum absolute atomic E-state index is 1.11. The van der Waals surface area contributed by atoms with Crippen molar-refractivity contribution in [2.45, 2.75) is 20.8 Å². The van der Waals surface area contributed by atoms with Crippen molar-refractivity contribution in [1.82, 2.24) is 0 Å². The molecule has 80 valence electrons. The van der Waals surface area contributed by atoms with E-state index in [1.54, 1.807) is 6.08 Å². The summed E-state index contributed by atoms with van der Waals surface area (Å²) in [5.41, 5.74) is 3.56. The number of allylic oxidation sites excluding steroid dienone is 4. The van der Waals surface area contributed by atoms with Crippen molar-refractivity contribution in [2.75, 3.05) is 0 Å². The molecule has 0 amide bonds. The molecule has 0 nitrogen and oxygen atoms in total. The van der Waals surface area contributed by atoms with E-state index in [0.29, 0.717) is 0 Å². The average molecular weight is 200 g/mol. The molecule has 0 bridgehead atoms. The Morgan fingerprint density at radius 1 is 1.07 bits per heavy atom. The lowest BCUT2D eigenvalue weighted by Crippen LogP contribution is -1.80. The molecule has 0 aliphatic heterocycles. The van der Waals surface area contributed by atoms with Gasteiger partial charge in [0, 0.05) is 0 Å². The standard InChI is InChI=1S/C13H14.C2H6/c1-4-6-12(5-2)13-9-7-11(3)8-10-13;1-2/h4-10H,1-2H2,3H3;1-2H3/b12-6+;. The molecule has 0 fully saturated rings. The van der Waals surface area contributed by atoms with Crippen molar-refractivity contribution >= 4 is 5.57 Å². The molecule has 0 radical (unpaired) electrons. The van der Waals surface area contributed by atoms with Gasteiger partial charge < -0.3 is 0 Å². The summed E-state index contributed by atoms with van der Waals surface area (Å²) < 4.78 is 0. The summed E-state index contributed by atoms with van der Waals surface area (Å²) in [6.45, 7) is 13.5. The number of rotatable bonds is 3. The van der Waals surface area contributed by atoms with Crippen LogP contribution in [0.3, 0.4) is 0 Å². The molecule has 1 rings (SSSR count). The fraction of sp³-hybridized carbons (Fsp3) is 0.200. The van der Waals surface area contributed by atoms with Crippen LogP contribution in [0.5, 0.6) is 0 Å². The second kappa shape index (κ2) is 7.81. The van der Waals surface area contributed by atoms with Gasteiger partial charge in [0.1, 0.15) is 0 Å². The van der Waals surface area contributed by atoms with Crippen molar-refractivity contribution in [3.05, 3.63) is 66.8 Å². The van der Waals surface area contributed by atoms with Crippen LogP contribution >= 0.6 is 0 Å². The largest absolute Gasteiger partial charge is 0.0990 e. The topological polar surface area (TPSA) is 0 Å². The minimum atomic E-state index is 1.11. The molecule has 0 aliphatic carbocycles. The smallest absolute Gasteiger partial charge is 0.0184 e. The lowest BCUT2D eigenvalue weighted by molar-refractivity contribution is 1.45. The molecule has 0 unspecified atom stereocenters. The van der Waals surface area contributed by atoms with Crippen molar-refractivity contribution in [1.29, 1.82) is 0 Å². The number of hydrogen-bond donors (Lipinski definition) is 0. The number of benzene rings is 1. The van der Waals surface area contributed by atoms with Gasteiger partial charge in [-0.15, -0.1) is 0 Å². The second-order valence-corrected chi connectivity index (χ2v) is 2.93. The van der Waals surface area contributed by atoms with Gasteiger partial charge in [-0.2, -0.15) is 0 Å². The minimum Gasteiger partial charge on any atom is -0.0990 e. The summed E-state index contributed by atoms with van der Waals surface area (Å²) >= 11 is 0. The Morgan fingerprint density at radius 2 is 1.60 bits per heavy atom. The van der Waals surface area contributed by atoms with E-state index in [9.17, 15) is 0 Å². The van der Waals surface area contributed by atoms with Gasteiger partial charge in [0.25, 0.3) is 0 Å². The maximum atomic E-state index is 3.76. The summed E-state index contributed by atoms with van der Waals surface area (Å²) in [7, 11) is 0. The zero-order valence-electron chi connectivity index (χ0n) is 9.96. The van der Waals surface area contributed by atoms with Gasteiger partial charge in [0.15, 0.2) is 0 Å². The zero-order valence-corrected chi connectivity index (χ0v) is 9.96.